The Morgan fingerprint density at radius 2 is 1.42 bits per heavy atom. The van der Waals surface area contributed by atoms with Crippen molar-refractivity contribution in [3.63, 3.8) is 0 Å². The Morgan fingerprint density at radius 3 is 1.87 bits per heavy atom. The van der Waals surface area contributed by atoms with Crippen LogP contribution in [-0.2, 0) is 32.1 Å². The Balaban J connectivity index is 2.29. The lowest BCUT2D eigenvalue weighted by Gasteiger charge is -2.26. The van der Waals surface area contributed by atoms with Gasteiger partial charge in [-0.15, -0.1) is 0 Å². The average Bonchev–Trinajstić information content (AvgIpc) is 2.66. The summed E-state index contributed by atoms with van der Waals surface area (Å²) in [6.07, 6.45) is 0.218. The van der Waals surface area contributed by atoms with Gasteiger partial charge in [0.2, 0.25) is 5.91 Å². The van der Waals surface area contributed by atoms with Crippen LogP contribution in [0, 0.1) is 0 Å². The van der Waals surface area contributed by atoms with Crippen LogP contribution in [0.25, 0.3) is 0 Å². The lowest BCUT2D eigenvalue weighted by molar-refractivity contribution is -0.120. The number of benzene rings is 2. The van der Waals surface area contributed by atoms with Crippen LogP contribution in [0.15, 0.2) is 47.4 Å². The molecule has 2 aromatic rings. The number of nitrogens with two attached hydrogens (primary N) is 1. The van der Waals surface area contributed by atoms with E-state index in [0.717, 1.165) is 16.7 Å². The summed E-state index contributed by atoms with van der Waals surface area (Å²) < 4.78 is 29.0. The predicted octanol–water partition coefficient (Wildman–Crippen LogP) is 3.70. The molecule has 170 valence electrons. The van der Waals surface area contributed by atoms with Crippen molar-refractivity contribution in [3.05, 3.63) is 59.2 Å². The maximum Gasteiger partial charge on any atom is 0.261 e. The Morgan fingerprint density at radius 1 is 0.903 bits per heavy atom. The quantitative estimate of drug-likeness (QED) is 0.605. The van der Waals surface area contributed by atoms with Crippen LogP contribution < -0.4 is 15.8 Å². The van der Waals surface area contributed by atoms with Crippen LogP contribution >= 0.6 is 0 Å². The Bertz CT molecular complexity index is 983. The molecule has 0 saturated heterocycles. The van der Waals surface area contributed by atoms with Gasteiger partial charge in [-0.3, -0.25) is 9.52 Å². The van der Waals surface area contributed by atoms with Crippen LogP contribution in [0.3, 0.4) is 0 Å². The minimum Gasteiger partial charge on any atom is -0.355 e. The zero-order chi connectivity index (χ0) is 23.4. The van der Waals surface area contributed by atoms with Gasteiger partial charge in [-0.1, -0.05) is 59.7 Å². The number of anilines is 1. The molecular weight excluding hydrogens is 410 g/mol. The topological polar surface area (TPSA) is 101 Å². The second-order valence-corrected chi connectivity index (χ2v) is 11.5. The molecule has 0 aliphatic carbocycles. The molecular formula is C24H35N3O3S. The first-order valence-corrected chi connectivity index (χ1v) is 12.0. The van der Waals surface area contributed by atoms with E-state index in [2.05, 4.69) is 57.6 Å². The van der Waals surface area contributed by atoms with Gasteiger partial charge in [0, 0.05) is 18.8 Å². The number of carbonyl (C=O) groups is 1. The highest BCUT2D eigenvalue weighted by molar-refractivity contribution is 7.92. The molecule has 0 aliphatic heterocycles. The molecule has 0 heterocycles. The zero-order valence-electron chi connectivity index (χ0n) is 19.4. The molecule has 4 N–H and O–H groups in total. The van der Waals surface area contributed by atoms with Crippen LogP contribution in [-0.4, -0.2) is 27.4 Å². The van der Waals surface area contributed by atoms with Gasteiger partial charge in [-0.2, -0.15) is 0 Å². The van der Waals surface area contributed by atoms with Crippen LogP contribution in [0.5, 0.6) is 0 Å². The molecule has 0 fully saturated rings. The molecule has 7 heteroatoms. The van der Waals surface area contributed by atoms with Crippen LogP contribution in [0.1, 0.15) is 58.2 Å². The van der Waals surface area contributed by atoms with E-state index in [0.29, 0.717) is 18.8 Å². The third-order valence-corrected chi connectivity index (χ3v) is 6.35. The predicted molar refractivity (Wildman–Crippen MR) is 127 cm³/mol. The van der Waals surface area contributed by atoms with E-state index in [4.69, 9.17) is 5.73 Å². The van der Waals surface area contributed by atoms with Gasteiger partial charge >= 0.3 is 0 Å². The number of nitrogens with one attached hydrogen (secondary N) is 2. The maximum atomic E-state index is 13.2. The zero-order valence-corrected chi connectivity index (χ0v) is 20.2. The standard InChI is InChI=1S/C24H35N3O3S/c1-23(2,3)18-14-19(24(4,5)6)16-21(15-18)31(29,30)27-20-9-7-17(8-10-20)13-22(28)26-12-11-25/h7-10,14-16,27H,11-13,25H2,1-6H3,(H,26,28). The van der Waals surface area contributed by atoms with E-state index < -0.39 is 10.0 Å². The van der Waals surface area contributed by atoms with Crippen molar-refractivity contribution in [2.75, 3.05) is 17.8 Å². The summed E-state index contributed by atoms with van der Waals surface area (Å²) in [5.41, 5.74) is 8.20. The van der Waals surface area contributed by atoms with Gasteiger partial charge in [0.15, 0.2) is 0 Å². The summed E-state index contributed by atoms with van der Waals surface area (Å²) in [6, 6.07) is 12.4. The molecule has 0 spiro atoms. The number of rotatable bonds is 7. The summed E-state index contributed by atoms with van der Waals surface area (Å²) in [7, 11) is -3.77. The van der Waals surface area contributed by atoms with Crippen molar-refractivity contribution in [1.29, 1.82) is 0 Å². The largest absolute Gasteiger partial charge is 0.355 e. The monoisotopic (exact) mass is 445 g/mol. The lowest BCUT2D eigenvalue weighted by Crippen LogP contribution is -2.30. The number of hydrogen-bond acceptors (Lipinski definition) is 4. The molecule has 31 heavy (non-hydrogen) atoms. The summed E-state index contributed by atoms with van der Waals surface area (Å²) in [5, 5.41) is 2.71. The first kappa shape index (κ1) is 24.9. The third-order valence-electron chi connectivity index (χ3n) is 4.99. The lowest BCUT2D eigenvalue weighted by atomic mass is 9.81. The summed E-state index contributed by atoms with van der Waals surface area (Å²) in [5.74, 6) is -0.118. The van der Waals surface area contributed by atoms with Gasteiger partial charge in [-0.05, 0) is 51.8 Å². The maximum absolute atomic E-state index is 13.2. The fraction of sp³-hybridized carbons (Fsp3) is 0.458. The van der Waals surface area contributed by atoms with Gasteiger partial charge in [0.1, 0.15) is 0 Å². The summed E-state index contributed by atoms with van der Waals surface area (Å²) >= 11 is 0. The molecule has 0 atom stereocenters. The smallest absolute Gasteiger partial charge is 0.261 e. The van der Waals surface area contributed by atoms with Crippen molar-refractivity contribution in [2.24, 2.45) is 5.73 Å². The number of hydrogen-bond donors (Lipinski definition) is 3. The number of sulfonamides is 1. The van der Waals surface area contributed by atoms with Gasteiger partial charge in [-0.25, -0.2) is 8.42 Å². The molecule has 0 unspecified atom stereocenters. The van der Waals surface area contributed by atoms with E-state index in [1.165, 1.54) is 0 Å². The average molecular weight is 446 g/mol. The Labute approximate surface area is 186 Å². The highest BCUT2D eigenvalue weighted by Gasteiger charge is 2.24. The van der Waals surface area contributed by atoms with Crippen molar-refractivity contribution in [2.45, 2.75) is 63.7 Å². The van der Waals surface area contributed by atoms with E-state index >= 15 is 0 Å². The molecule has 2 rings (SSSR count). The fourth-order valence-electron chi connectivity index (χ4n) is 2.98. The normalized spacial score (nSPS) is 12.5. The van der Waals surface area contributed by atoms with Gasteiger partial charge < -0.3 is 11.1 Å². The fourth-order valence-corrected chi connectivity index (χ4v) is 4.11. The summed E-state index contributed by atoms with van der Waals surface area (Å²) in [6.45, 7) is 13.2. The number of amides is 1. The van der Waals surface area contributed by atoms with Crippen LogP contribution in [0.2, 0.25) is 0 Å². The van der Waals surface area contributed by atoms with Crippen molar-refractivity contribution >= 4 is 21.6 Å². The minimum atomic E-state index is -3.77. The molecule has 6 nitrogen and oxygen atoms in total. The Hall–Kier alpha value is -2.38. The van der Waals surface area contributed by atoms with Crippen molar-refractivity contribution in [3.8, 4) is 0 Å². The molecule has 0 bridgehead atoms. The van der Waals surface area contributed by atoms with Crippen LogP contribution in [0.4, 0.5) is 5.69 Å². The van der Waals surface area contributed by atoms with E-state index in [-0.39, 0.29) is 28.1 Å². The first-order valence-electron chi connectivity index (χ1n) is 10.5. The molecule has 0 saturated carbocycles. The van der Waals surface area contributed by atoms with Crippen molar-refractivity contribution < 1.29 is 13.2 Å². The second kappa shape index (κ2) is 9.40. The molecule has 0 aromatic heterocycles. The second-order valence-electron chi connectivity index (χ2n) is 9.86. The highest BCUT2D eigenvalue weighted by atomic mass is 32.2. The van der Waals surface area contributed by atoms with Gasteiger partial charge in [0.25, 0.3) is 10.0 Å². The summed E-state index contributed by atoms with van der Waals surface area (Å²) in [4.78, 5) is 12.1. The molecule has 1 amide bonds. The third kappa shape index (κ3) is 7.08. The molecule has 0 aliphatic rings. The molecule has 0 radical (unpaired) electrons. The number of carbonyl (C=O) groups excluding carboxylic acids is 1. The SMILES string of the molecule is CC(C)(C)c1cc(C(C)(C)C)cc(S(=O)(=O)Nc2ccc(CC(=O)NCCN)cc2)c1. The molecule has 2 aromatic carbocycles. The van der Waals surface area contributed by atoms with E-state index in [1.807, 2.05) is 0 Å². The van der Waals surface area contributed by atoms with E-state index in [1.54, 1.807) is 36.4 Å². The van der Waals surface area contributed by atoms with Gasteiger partial charge in [0.05, 0.1) is 11.3 Å². The first-order chi connectivity index (χ1) is 14.2. The van der Waals surface area contributed by atoms with E-state index in [9.17, 15) is 13.2 Å². The Kier molecular flexibility index (Phi) is 7.55. The highest BCUT2D eigenvalue weighted by Crippen LogP contribution is 2.32. The minimum absolute atomic E-state index is 0.118. The van der Waals surface area contributed by atoms with Crippen molar-refractivity contribution in [1.82, 2.24) is 5.32 Å².